The van der Waals surface area contributed by atoms with E-state index in [0.29, 0.717) is 12.3 Å². The van der Waals surface area contributed by atoms with Crippen molar-refractivity contribution in [3.63, 3.8) is 0 Å². The van der Waals surface area contributed by atoms with Crippen LogP contribution in [0.4, 0.5) is 0 Å². The first kappa shape index (κ1) is 19.8. The van der Waals surface area contributed by atoms with Crippen LogP contribution in [-0.2, 0) is 4.79 Å². The highest BCUT2D eigenvalue weighted by molar-refractivity contribution is 6.18. The Balaban J connectivity index is 3.53. The molecule has 0 rings (SSSR count). The van der Waals surface area contributed by atoms with Crippen molar-refractivity contribution in [3.05, 3.63) is 0 Å². The first-order valence-electron chi connectivity index (χ1n) is 8.28. The van der Waals surface area contributed by atoms with Gasteiger partial charge in [0, 0.05) is 19.3 Å². The van der Waals surface area contributed by atoms with Gasteiger partial charge in [-0.2, -0.15) is 0 Å². The second kappa shape index (κ2) is 11.4. The fourth-order valence-electron chi connectivity index (χ4n) is 2.18. The Hall–Kier alpha value is -0.240. The molecule has 0 N–H and O–H groups in total. The van der Waals surface area contributed by atoms with Crippen molar-refractivity contribution in [2.75, 3.05) is 12.9 Å². The molecule has 0 aromatic heterocycles. The Morgan fingerprint density at radius 1 is 0.950 bits per heavy atom. The molecule has 0 radical (unpaired) electrons. The van der Waals surface area contributed by atoms with Gasteiger partial charge in [0.2, 0.25) is 5.91 Å². The molecular weight excluding hydrogens is 270 g/mol. The Labute approximate surface area is 131 Å². The normalized spacial score (nSPS) is 11.7. The average Bonchev–Trinajstić information content (AvgIpc) is 2.44. The van der Waals surface area contributed by atoms with Gasteiger partial charge in [-0.1, -0.05) is 58.3 Å². The standard InChI is InChI=1S/C17H34ClNO/c1-5-6-7-8-9-10-11-12-13-14-16(20)19(4)17(2,3)15-18/h5-15H2,1-4H3. The molecule has 0 aromatic rings. The monoisotopic (exact) mass is 303 g/mol. The minimum Gasteiger partial charge on any atom is -0.339 e. The molecule has 0 saturated heterocycles. The van der Waals surface area contributed by atoms with Gasteiger partial charge >= 0.3 is 0 Å². The largest absolute Gasteiger partial charge is 0.339 e. The maximum absolute atomic E-state index is 12.0. The van der Waals surface area contributed by atoms with Crippen LogP contribution in [0.25, 0.3) is 0 Å². The van der Waals surface area contributed by atoms with E-state index in [-0.39, 0.29) is 11.4 Å². The molecule has 0 spiro atoms. The molecule has 0 aliphatic heterocycles. The number of unbranched alkanes of at least 4 members (excludes halogenated alkanes) is 8. The van der Waals surface area contributed by atoms with Crippen LogP contribution in [0.1, 0.15) is 85.0 Å². The van der Waals surface area contributed by atoms with E-state index in [1.54, 1.807) is 4.90 Å². The Kier molecular flexibility index (Phi) is 11.3. The SMILES string of the molecule is CCCCCCCCCCCC(=O)N(C)C(C)(C)CCl. The molecule has 0 aliphatic carbocycles. The maximum atomic E-state index is 12.0. The zero-order valence-electron chi connectivity index (χ0n) is 14.0. The van der Waals surface area contributed by atoms with Gasteiger partial charge in [0.05, 0.1) is 5.54 Å². The van der Waals surface area contributed by atoms with Crippen LogP contribution in [0.3, 0.4) is 0 Å². The quantitative estimate of drug-likeness (QED) is 0.350. The second-order valence-corrected chi connectivity index (χ2v) is 6.74. The summed E-state index contributed by atoms with van der Waals surface area (Å²) in [6.45, 7) is 6.27. The minimum atomic E-state index is -0.238. The molecule has 0 fully saturated rings. The molecule has 3 heteroatoms. The summed E-state index contributed by atoms with van der Waals surface area (Å²) in [6, 6.07) is 0. The lowest BCUT2D eigenvalue weighted by Crippen LogP contribution is -2.46. The van der Waals surface area contributed by atoms with Gasteiger partial charge < -0.3 is 4.90 Å². The topological polar surface area (TPSA) is 20.3 Å². The molecule has 0 aromatic carbocycles. The van der Waals surface area contributed by atoms with Crippen LogP contribution in [0.2, 0.25) is 0 Å². The van der Waals surface area contributed by atoms with Crippen molar-refractivity contribution >= 4 is 17.5 Å². The molecule has 1 amide bonds. The zero-order chi connectivity index (χ0) is 15.4. The lowest BCUT2D eigenvalue weighted by Gasteiger charge is -2.34. The molecule has 0 unspecified atom stereocenters. The third kappa shape index (κ3) is 8.84. The average molecular weight is 304 g/mol. The van der Waals surface area contributed by atoms with E-state index in [4.69, 9.17) is 11.6 Å². The van der Waals surface area contributed by atoms with Crippen molar-refractivity contribution < 1.29 is 4.79 Å². The first-order chi connectivity index (χ1) is 9.45. The van der Waals surface area contributed by atoms with Crippen LogP contribution in [0, 0.1) is 0 Å². The van der Waals surface area contributed by atoms with Crippen LogP contribution < -0.4 is 0 Å². The molecule has 0 atom stereocenters. The molecule has 0 heterocycles. The van der Waals surface area contributed by atoms with Crippen LogP contribution >= 0.6 is 11.6 Å². The molecule has 2 nitrogen and oxygen atoms in total. The summed E-state index contributed by atoms with van der Waals surface area (Å²) in [7, 11) is 1.86. The maximum Gasteiger partial charge on any atom is 0.222 e. The van der Waals surface area contributed by atoms with Gasteiger partial charge in [-0.05, 0) is 20.3 Å². The third-order valence-electron chi connectivity index (χ3n) is 4.10. The fraction of sp³-hybridized carbons (Fsp3) is 0.941. The fourth-order valence-corrected chi connectivity index (χ4v) is 2.36. The van der Waals surface area contributed by atoms with Crippen molar-refractivity contribution in [2.24, 2.45) is 0 Å². The van der Waals surface area contributed by atoms with Crippen molar-refractivity contribution in [3.8, 4) is 0 Å². The van der Waals surface area contributed by atoms with Crippen LogP contribution in [0.5, 0.6) is 0 Å². The summed E-state index contributed by atoms with van der Waals surface area (Å²) in [5, 5.41) is 0. The van der Waals surface area contributed by atoms with Crippen molar-refractivity contribution in [1.29, 1.82) is 0 Å². The van der Waals surface area contributed by atoms with Crippen LogP contribution in [0.15, 0.2) is 0 Å². The van der Waals surface area contributed by atoms with E-state index in [0.717, 1.165) is 6.42 Å². The summed E-state index contributed by atoms with van der Waals surface area (Å²) < 4.78 is 0. The van der Waals surface area contributed by atoms with Gasteiger partial charge in [-0.3, -0.25) is 4.79 Å². The summed E-state index contributed by atoms with van der Waals surface area (Å²) in [4.78, 5) is 13.8. The molecule has 120 valence electrons. The summed E-state index contributed by atoms with van der Waals surface area (Å²) >= 11 is 5.89. The van der Waals surface area contributed by atoms with Crippen molar-refractivity contribution in [2.45, 2.75) is 90.5 Å². The van der Waals surface area contributed by atoms with Gasteiger partial charge in [0.15, 0.2) is 0 Å². The van der Waals surface area contributed by atoms with Gasteiger partial charge in [-0.15, -0.1) is 11.6 Å². The number of carbonyl (C=O) groups excluding carboxylic acids is 1. The number of carbonyl (C=O) groups is 1. The molecule has 0 bridgehead atoms. The number of alkyl halides is 1. The lowest BCUT2D eigenvalue weighted by atomic mass is 10.0. The van der Waals surface area contributed by atoms with Gasteiger partial charge in [-0.25, -0.2) is 0 Å². The smallest absolute Gasteiger partial charge is 0.222 e. The third-order valence-corrected chi connectivity index (χ3v) is 4.76. The van der Waals surface area contributed by atoms with Crippen molar-refractivity contribution in [1.82, 2.24) is 4.90 Å². The second-order valence-electron chi connectivity index (χ2n) is 6.48. The number of halogens is 1. The Morgan fingerprint density at radius 3 is 1.85 bits per heavy atom. The minimum absolute atomic E-state index is 0.221. The first-order valence-corrected chi connectivity index (χ1v) is 8.81. The summed E-state index contributed by atoms with van der Waals surface area (Å²) in [6.07, 6.45) is 12.2. The van der Waals surface area contributed by atoms with Gasteiger partial charge in [0.25, 0.3) is 0 Å². The zero-order valence-corrected chi connectivity index (χ0v) is 14.8. The number of hydrogen-bond donors (Lipinski definition) is 0. The summed E-state index contributed by atoms with van der Waals surface area (Å²) in [5.41, 5.74) is -0.238. The Bertz CT molecular complexity index is 253. The highest BCUT2D eigenvalue weighted by atomic mass is 35.5. The molecular formula is C17H34ClNO. The highest BCUT2D eigenvalue weighted by Crippen LogP contribution is 2.17. The van der Waals surface area contributed by atoms with E-state index in [1.165, 1.54) is 51.4 Å². The van der Waals surface area contributed by atoms with E-state index in [9.17, 15) is 4.79 Å². The van der Waals surface area contributed by atoms with E-state index >= 15 is 0 Å². The van der Waals surface area contributed by atoms with Gasteiger partial charge in [0.1, 0.15) is 0 Å². The number of rotatable bonds is 12. The van der Waals surface area contributed by atoms with E-state index in [1.807, 2.05) is 20.9 Å². The number of nitrogens with zero attached hydrogens (tertiary/aromatic N) is 1. The molecule has 0 aliphatic rings. The lowest BCUT2D eigenvalue weighted by molar-refractivity contribution is -0.134. The summed E-state index contributed by atoms with van der Waals surface area (Å²) in [5.74, 6) is 0.700. The van der Waals surface area contributed by atoms with E-state index in [2.05, 4.69) is 6.92 Å². The predicted octanol–water partition coefficient (Wildman–Crippen LogP) is 5.38. The number of amides is 1. The van der Waals surface area contributed by atoms with Crippen LogP contribution in [-0.4, -0.2) is 29.3 Å². The van der Waals surface area contributed by atoms with E-state index < -0.39 is 0 Å². The number of hydrogen-bond acceptors (Lipinski definition) is 1. The Morgan fingerprint density at radius 2 is 1.40 bits per heavy atom. The predicted molar refractivity (Wildman–Crippen MR) is 89.4 cm³/mol. The molecule has 20 heavy (non-hydrogen) atoms. The highest BCUT2D eigenvalue weighted by Gasteiger charge is 2.25. The molecule has 0 saturated carbocycles.